The first-order valence-corrected chi connectivity index (χ1v) is 15.8. The Morgan fingerprint density at radius 3 is 2.39 bits per heavy atom. The number of rotatable bonds is 10. The fraction of sp³-hybridized carbons (Fsp3) is 0.290. The number of carbonyl (C=O) groups excluding carboxylic acids is 1. The molecule has 5 rings (SSSR count). The number of halogens is 1. The zero-order valence-electron chi connectivity index (χ0n) is 23.1. The molecule has 0 saturated carbocycles. The lowest BCUT2D eigenvalue weighted by Gasteiger charge is -2.17. The summed E-state index contributed by atoms with van der Waals surface area (Å²) in [7, 11) is -3.45. The van der Waals surface area contributed by atoms with Crippen LogP contribution in [0, 0.1) is 0 Å². The minimum Gasteiger partial charge on any atom is -0.494 e. The average molecular weight is 593 g/mol. The van der Waals surface area contributed by atoms with Crippen molar-refractivity contribution in [2.24, 2.45) is 4.99 Å². The molecule has 2 heterocycles. The third kappa shape index (κ3) is 6.17. The maximum atomic E-state index is 13.0. The number of amides is 1. The molecule has 3 aromatic carbocycles. The van der Waals surface area contributed by atoms with E-state index in [2.05, 4.69) is 9.88 Å². The first-order valence-electron chi connectivity index (χ1n) is 13.8. The van der Waals surface area contributed by atoms with Crippen LogP contribution in [0.4, 0.5) is 11.4 Å². The Hall–Kier alpha value is -3.66. The molecule has 1 aliphatic rings. The van der Waals surface area contributed by atoms with E-state index in [-0.39, 0.29) is 22.4 Å². The van der Waals surface area contributed by atoms with Crippen LogP contribution in [0.25, 0.3) is 10.9 Å². The monoisotopic (exact) mass is 592 g/mol. The summed E-state index contributed by atoms with van der Waals surface area (Å²) in [6.07, 6.45) is 1.38. The van der Waals surface area contributed by atoms with Crippen molar-refractivity contribution >= 4 is 55.3 Å². The quantitative estimate of drug-likeness (QED) is 0.222. The van der Waals surface area contributed by atoms with Crippen molar-refractivity contribution in [2.75, 3.05) is 36.8 Å². The molecule has 10 heteroatoms. The summed E-state index contributed by atoms with van der Waals surface area (Å²) in [5.41, 5.74) is 3.72. The van der Waals surface area contributed by atoms with Crippen LogP contribution < -0.4 is 4.90 Å². The van der Waals surface area contributed by atoms with Gasteiger partial charge >= 0.3 is 0 Å². The maximum Gasteiger partial charge on any atom is 0.227 e. The van der Waals surface area contributed by atoms with E-state index in [1.165, 1.54) is 0 Å². The van der Waals surface area contributed by atoms with Crippen molar-refractivity contribution in [3.05, 3.63) is 82.9 Å². The SMILES string of the molecule is CCN(CC)CCS(=O)(=O)c1ccc(N=C(c2ccc(N3CCCC3=O)cc2)c2c(O)[nH]c3cc(Cl)ccc23)cc1. The van der Waals surface area contributed by atoms with Gasteiger partial charge in [0.2, 0.25) is 5.91 Å². The van der Waals surface area contributed by atoms with E-state index in [1.54, 1.807) is 41.3 Å². The first kappa shape index (κ1) is 28.9. The summed E-state index contributed by atoms with van der Waals surface area (Å²) in [5.74, 6) is 0.0838. The highest BCUT2D eigenvalue weighted by Gasteiger charge is 2.23. The summed E-state index contributed by atoms with van der Waals surface area (Å²) >= 11 is 6.19. The Kier molecular flexibility index (Phi) is 8.49. The molecule has 8 nitrogen and oxygen atoms in total. The largest absolute Gasteiger partial charge is 0.494 e. The second kappa shape index (κ2) is 12.1. The van der Waals surface area contributed by atoms with Crippen molar-refractivity contribution in [1.29, 1.82) is 0 Å². The molecule has 0 unspecified atom stereocenters. The van der Waals surface area contributed by atoms with E-state index in [1.807, 2.05) is 44.2 Å². The van der Waals surface area contributed by atoms with Crippen LogP contribution >= 0.6 is 11.6 Å². The van der Waals surface area contributed by atoms with Crippen molar-refractivity contribution in [3.8, 4) is 5.88 Å². The molecule has 1 aromatic heterocycles. The van der Waals surface area contributed by atoms with Gasteiger partial charge in [0.15, 0.2) is 15.7 Å². The highest BCUT2D eigenvalue weighted by atomic mass is 35.5. The van der Waals surface area contributed by atoms with Gasteiger partial charge in [-0.3, -0.25) is 4.79 Å². The summed E-state index contributed by atoms with van der Waals surface area (Å²) in [6.45, 7) is 6.78. The lowest BCUT2D eigenvalue weighted by molar-refractivity contribution is -0.117. The van der Waals surface area contributed by atoms with E-state index in [9.17, 15) is 18.3 Å². The Morgan fingerprint density at radius 2 is 1.76 bits per heavy atom. The smallest absolute Gasteiger partial charge is 0.227 e. The van der Waals surface area contributed by atoms with Crippen molar-refractivity contribution in [2.45, 2.75) is 31.6 Å². The van der Waals surface area contributed by atoms with E-state index < -0.39 is 9.84 Å². The topological polar surface area (TPSA) is 106 Å². The van der Waals surface area contributed by atoms with Gasteiger partial charge in [-0.2, -0.15) is 0 Å². The number of aromatic hydroxyl groups is 1. The van der Waals surface area contributed by atoms with Crippen molar-refractivity contribution in [1.82, 2.24) is 9.88 Å². The number of nitrogens with one attached hydrogen (secondary N) is 1. The predicted octanol–water partition coefficient (Wildman–Crippen LogP) is 5.94. The van der Waals surface area contributed by atoms with E-state index in [4.69, 9.17) is 16.6 Å². The van der Waals surface area contributed by atoms with Gasteiger partial charge in [0, 0.05) is 41.2 Å². The van der Waals surface area contributed by atoms with Gasteiger partial charge in [-0.25, -0.2) is 13.4 Å². The molecule has 1 aliphatic heterocycles. The Morgan fingerprint density at radius 1 is 1.05 bits per heavy atom. The van der Waals surface area contributed by atoms with Crippen molar-refractivity contribution < 1.29 is 18.3 Å². The maximum absolute atomic E-state index is 13.0. The van der Waals surface area contributed by atoms with Gasteiger partial charge in [-0.15, -0.1) is 0 Å². The van der Waals surface area contributed by atoms with Crippen molar-refractivity contribution in [3.63, 3.8) is 0 Å². The fourth-order valence-corrected chi connectivity index (χ4v) is 6.60. The number of aromatic nitrogens is 1. The molecular weight excluding hydrogens is 560 g/mol. The van der Waals surface area contributed by atoms with Crippen LogP contribution in [-0.2, 0) is 14.6 Å². The lowest BCUT2D eigenvalue weighted by Crippen LogP contribution is -2.29. The predicted molar refractivity (Wildman–Crippen MR) is 165 cm³/mol. The van der Waals surface area contributed by atoms with E-state index in [0.717, 1.165) is 36.1 Å². The Labute approximate surface area is 245 Å². The van der Waals surface area contributed by atoms with E-state index >= 15 is 0 Å². The number of carbonyl (C=O) groups is 1. The molecule has 1 saturated heterocycles. The van der Waals surface area contributed by atoms with Gasteiger partial charge in [-0.1, -0.05) is 43.6 Å². The highest BCUT2D eigenvalue weighted by Crippen LogP contribution is 2.34. The van der Waals surface area contributed by atoms with Gasteiger partial charge in [0.1, 0.15) is 0 Å². The van der Waals surface area contributed by atoms with Crippen LogP contribution in [-0.4, -0.2) is 67.0 Å². The standard InChI is InChI=1S/C31H33ClN4O4S/c1-3-35(4-2)18-19-41(39,40)25-14-10-23(11-15-25)33-30(29-26-16-9-22(32)20-27(26)34-31(29)38)21-7-12-24(13-8-21)36-17-5-6-28(36)37/h7-16,20,34,38H,3-6,17-19H2,1-2H3. The molecule has 1 fully saturated rings. The fourth-order valence-electron chi connectivity index (χ4n) is 5.14. The third-order valence-electron chi connectivity index (χ3n) is 7.51. The number of nitrogens with zero attached hydrogens (tertiary/aromatic N) is 3. The third-order valence-corrected chi connectivity index (χ3v) is 9.46. The number of hydrogen-bond acceptors (Lipinski definition) is 6. The number of benzene rings is 3. The number of aromatic amines is 1. The van der Waals surface area contributed by atoms with Crippen LogP contribution in [0.15, 0.2) is 76.6 Å². The number of hydrogen-bond donors (Lipinski definition) is 2. The minimum atomic E-state index is -3.45. The zero-order chi connectivity index (χ0) is 29.1. The molecule has 2 N–H and O–H groups in total. The second-order valence-electron chi connectivity index (χ2n) is 10.0. The van der Waals surface area contributed by atoms with Gasteiger partial charge in [0.25, 0.3) is 0 Å². The molecule has 4 aromatic rings. The van der Waals surface area contributed by atoms with Gasteiger partial charge in [-0.05, 0) is 68.0 Å². The van der Waals surface area contributed by atoms with E-state index in [0.29, 0.717) is 47.0 Å². The van der Waals surface area contributed by atoms with Crippen LogP contribution in [0.3, 0.4) is 0 Å². The molecule has 0 spiro atoms. The molecule has 0 bridgehead atoms. The first-order chi connectivity index (χ1) is 19.7. The Bertz CT molecular complexity index is 1690. The normalized spacial score (nSPS) is 14.5. The number of anilines is 1. The minimum absolute atomic E-state index is 0.0419. The number of H-pyrrole nitrogens is 1. The molecule has 0 atom stereocenters. The molecule has 41 heavy (non-hydrogen) atoms. The van der Waals surface area contributed by atoms with Crippen LogP contribution in [0.2, 0.25) is 5.02 Å². The number of sulfone groups is 1. The van der Waals surface area contributed by atoms with Crippen LogP contribution in [0.1, 0.15) is 37.8 Å². The molecule has 1 amide bonds. The summed E-state index contributed by atoms with van der Waals surface area (Å²) < 4.78 is 25.9. The summed E-state index contributed by atoms with van der Waals surface area (Å²) in [6, 6.07) is 19.3. The Balaban J connectivity index is 1.53. The number of aliphatic imine (C=N–C) groups is 1. The lowest BCUT2D eigenvalue weighted by atomic mass is 10.00. The summed E-state index contributed by atoms with van der Waals surface area (Å²) in [4.78, 5) is 24.2. The van der Waals surface area contributed by atoms with Gasteiger partial charge < -0.3 is 19.9 Å². The molecule has 214 valence electrons. The van der Waals surface area contributed by atoms with Gasteiger partial charge in [0.05, 0.1) is 33.1 Å². The average Bonchev–Trinajstić information content (AvgIpc) is 3.54. The second-order valence-corrected chi connectivity index (χ2v) is 12.6. The molecule has 0 radical (unpaired) electrons. The highest BCUT2D eigenvalue weighted by molar-refractivity contribution is 7.91. The molecule has 0 aliphatic carbocycles. The number of fused-ring (bicyclic) bond motifs is 1. The molecular formula is C31H33ClN4O4S. The summed E-state index contributed by atoms with van der Waals surface area (Å²) in [5, 5.41) is 12.2. The van der Waals surface area contributed by atoms with Crippen LogP contribution in [0.5, 0.6) is 5.88 Å². The zero-order valence-corrected chi connectivity index (χ0v) is 24.7.